The molecule has 2 rings (SSSR count). The van der Waals surface area contributed by atoms with Crippen molar-refractivity contribution >= 4 is 12.0 Å². The minimum absolute atomic E-state index is 0.0772. The number of ether oxygens (including phenoxy) is 1. The molecule has 6 nitrogen and oxygen atoms in total. The van der Waals surface area contributed by atoms with Crippen molar-refractivity contribution in [3.63, 3.8) is 0 Å². The monoisotopic (exact) mass is 269 g/mol. The molecule has 0 aromatic rings. The van der Waals surface area contributed by atoms with Crippen LogP contribution in [0.4, 0.5) is 4.79 Å². The van der Waals surface area contributed by atoms with Crippen LogP contribution in [0.3, 0.4) is 0 Å². The maximum Gasteiger partial charge on any atom is 0.409 e. The number of methoxy groups -OCH3 is 1. The standard InChI is InChI=1S/C13H23N3O3/c1-19-13(18)16-7-5-15(6-8-16)12(17)10-3-2-4-11(14)9-10/h10-11H,2-9,14H2,1H3. The number of carbonyl (C=O) groups is 2. The van der Waals surface area contributed by atoms with Crippen molar-refractivity contribution < 1.29 is 14.3 Å². The van der Waals surface area contributed by atoms with Gasteiger partial charge in [0.05, 0.1) is 7.11 Å². The van der Waals surface area contributed by atoms with Gasteiger partial charge in [-0.15, -0.1) is 0 Å². The molecule has 0 aromatic carbocycles. The minimum atomic E-state index is -0.313. The maximum atomic E-state index is 12.4. The average molecular weight is 269 g/mol. The van der Waals surface area contributed by atoms with Gasteiger partial charge in [-0.3, -0.25) is 4.79 Å². The van der Waals surface area contributed by atoms with E-state index >= 15 is 0 Å². The van der Waals surface area contributed by atoms with Crippen LogP contribution in [0.25, 0.3) is 0 Å². The lowest BCUT2D eigenvalue weighted by atomic mass is 9.85. The third-order valence-electron chi connectivity index (χ3n) is 4.09. The Morgan fingerprint density at radius 3 is 2.32 bits per heavy atom. The lowest BCUT2D eigenvalue weighted by Gasteiger charge is -2.37. The van der Waals surface area contributed by atoms with Crippen molar-refractivity contribution in [2.45, 2.75) is 31.7 Å². The van der Waals surface area contributed by atoms with Crippen molar-refractivity contribution in [3.05, 3.63) is 0 Å². The predicted octanol–water partition coefficient (Wildman–Crippen LogP) is 0.415. The summed E-state index contributed by atoms with van der Waals surface area (Å²) in [6, 6.07) is 0.166. The first-order valence-corrected chi connectivity index (χ1v) is 6.99. The van der Waals surface area contributed by atoms with Gasteiger partial charge in [-0.2, -0.15) is 0 Å². The third-order valence-corrected chi connectivity index (χ3v) is 4.09. The Morgan fingerprint density at radius 1 is 1.11 bits per heavy atom. The molecule has 2 aliphatic rings. The number of nitrogens with two attached hydrogens (primary N) is 1. The van der Waals surface area contributed by atoms with Crippen LogP contribution in [0.2, 0.25) is 0 Å². The molecule has 6 heteroatoms. The first kappa shape index (κ1) is 14.1. The Bertz CT molecular complexity index is 340. The van der Waals surface area contributed by atoms with Crippen LogP contribution in [0.15, 0.2) is 0 Å². The molecule has 1 aliphatic heterocycles. The summed E-state index contributed by atoms with van der Waals surface area (Å²) in [4.78, 5) is 27.3. The van der Waals surface area contributed by atoms with Crippen LogP contribution >= 0.6 is 0 Å². The smallest absolute Gasteiger partial charge is 0.409 e. The number of nitrogens with zero attached hydrogens (tertiary/aromatic N) is 2. The Balaban J connectivity index is 1.83. The van der Waals surface area contributed by atoms with Crippen molar-refractivity contribution in [1.29, 1.82) is 0 Å². The summed E-state index contributed by atoms with van der Waals surface area (Å²) in [7, 11) is 1.38. The predicted molar refractivity (Wildman–Crippen MR) is 70.5 cm³/mol. The van der Waals surface area contributed by atoms with E-state index in [1.165, 1.54) is 7.11 Å². The molecule has 1 heterocycles. The van der Waals surface area contributed by atoms with Gasteiger partial charge in [-0.05, 0) is 19.3 Å². The second-order valence-corrected chi connectivity index (χ2v) is 5.41. The van der Waals surface area contributed by atoms with E-state index in [1.807, 2.05) is 4.90 Å². The fourth-order valence-corrected chi connectivity index (χ4v) is 2.95. The van der Waals surface area contributed by atoms with Crippen LogP contribution < -0.4 is 5.73 Å². The quantitative estimate of drug-likeness (QED) is 0.748. The fraction of sp³-hybridized carbons (Fsp3) is 0.846. The summed E-state index contributed by atoms with van der Waals surface area (Å²) in [5.41, 5.74) is 5.93. The van der Waals surface area contributed by atoms with Gasteiger partial charge >= 0.3 is 6.09 Å². The zero-order valence-electron chi connectivity index (χ0n) is 11.5. The van der Waals surface area contributed by atoms with Crippen LogP contribution in [-0.4, -0.2) is 61.1 Å². The van der Waals surface area contributed by atoms with Crippen LogP contribution in [0, 0.1) is 5.92 Å². The van der Waals surface area contributed by atoms with Gasteiger partial charge < -0.3 is 20.3 Å². The molecule has 0 bridgehead atoms. The topological polar surface area (TPSA) is 75.9 Å². The Morgan fingerprint density at radius 2 is 1.74 bits per heavy atom. The maximum absolute atomic E-state index is 12.4. The third kappa shape index (κ3) is 3.37. The van der Waals surface area contributed by atoms with Gasteiger partial charge in [0, 0.05) is 38.1 Å². The number of rotatable bonds is 1. The molecule has 2 atom stereocenters. The summed E-state index contributed by atoms with van der Waals surface area (Å²) >= 11 is 0. The number of hydrogen-bond donors (Lipinski definition) is 1. The van der Waals surface area contributed by atoms with Gasteiger partial charge in [0.1, 0.15) is 0 Å². The molecule has 0 radical (unpaired) electrons. The Kier molecular flexibility index (Phi) is 4.63. The van der Waals surface area contributed by atoms with Gasteiger partial charge in [-0.1, -0.05) is 6.42 Å². The first-order chi connectivity index (χ1) is 9.11. The fourth-order valence-electron chi connectivity index (χ4n) is 2.95. The number of piperazine rings is 1. The summed E-state index contributed by atoms with van der Waals surface area (Å²) in [5.74, 6) is 0.285. The van der Waals surface area contributed by atoms with E-state index in [0.29, 0.717) is 26.2 Å². The lowest BCUT2D eigenvalue weighted by molar-refractivity contribution is -0.138. The first-order valence-electron chi connectivity index (χ1n) is 6.99. The SMILES string of the molecule is COC(=O)N1CCN(C(=O)C2CCCC(N)C2)CC1. The second kappa shape index (κ2) is 6.23. The van der Waals surface area contributed by atoms with E-state index in [-0.39, 0.29) is 24.0 Å². The molecule has 0 spiro atoms. The molecule has 1 aliphatic carbocycles. The van der Waals surface area contributed by atoms with Gasteiger partial charge in [-0.25, -0.2) is 4.79 Å². The molecule has 2 fully saturated rings. The molecular formula is C13H23N3O3. The van der Waals surface area contributed by atoms with Crippen molar-refractivity contribution in [2.24, 2.45) is 11.7 Å². The summed E-state index contributed by atoms with van der Waals surface area (Å²) in [5, 5.41) is 0. The van der Waals surface area contributed by atoms with Crippen LogP contribution in [0.5, 0.6) is 0 Å². The zero-order chi connectivity index (χ0) is 13.8. The largest absolute Gasteiger partial charge is 0.453 e. The molecule has 1 saturated carbocycles. The molecule has 2 amide bonds. The van der Waals surface area contributed by atoms with Gasteiger partial charge in [0.15, 0.2) is 0 Å². The van der Waals surface area contributed by atoms with Crippen molar-refractivity contribution in [3.8, 4) is 0 Å². The van der Waals surface area contributed by atoms with Crippen molar-refractivity contribution in [1.82, 2.24) is 9.80 Å². The highest BCUT2D eigenvalue weighted by molar-refractivity contribution is 5.79. The molecular weight excluding hydrogens is 246 g/mol. The molecule has 108 valence electrons. The van der Waals surface area contributed by atoms with Crippen LogP contribution in [-0.2, 0) is 9.53 Å². The molecule has 0 aromatic heterocycles. The van der Waals surface area contributed by atoms with E-state index in [4.69, 9.17) is 5.73 Å². The summed E-state index contributed by atoms with van der Waals surface area (Å²) in [6.07, 6.45) is 3.51. The molecule has 2 unspecified atom stereocenters. The average Bonchev–Trinajstić information content (AvgIpc) is 2.46. The Labute approximate surface area is 113 Å². The zero-order valence-corrected chi connectivity index (χ0v) is 11.5. The van der Waals surface area contributed by atoms with E-state index in [9.17, 15) is 9.59 Å². The van der Waals surface area contributed by atoms with Crippen molar-refractivity contribution in [2.75, 3.05) is 33.3 Å². The summed E-state index contributed by atoms with van der Waals surface area (Å²) in [6.45, 7) is 2.30. The summed E-state index contributed by atoms with van der Waals surface area (Å²) < 4.78 is 4.68. The van der Waals surface area contributed by atoms with Crippen LogP contribution in [0.1, 0.15) is 25.7 Å². The highest BCUT2D eigenvalue weighted by atomic mass is 16.5. The number of amides is 2. The van der Waals surface area contributed by atoms with Gasteiger partial charge in [0.25, 0.3) is 0 Å². The molecule has 2 N–H and O–H groups in total. The van der Waals surface area contributed by atoms with E-state index in [0.717, 1.165) is 25.7 Å². The lowest BCUT2D eigenvalue weighted by Crippen LogP contribution is -2.52. The second-order valence-electron chi connectivity index (χ2n) is 5.41. The highest BCUT2D eigenvalue weighted by Gasteiger charge is 2.31. The minimum Gasteiger partial charge on any atom is -0.453 e. The van der Waals surface area contributed by atoms with E-state index in [1.54, 1.807) is 4.90 Å². The van der Waals surface area contributed by atoms with E-state index < -0.39 is 0 Å². The van der Waals surface area contributed by atoms with E-state index in [2.05, 4.69) is 4.74 Å². The molecule has 19 heavy (non-hydrogen) atoms. The number of carbonyl (C=O) groups excluding carboxylic acids is 2. The highest BCUT2D eigenvalue weighted by Crippen LogP contribution is 2.25. The normalized spacial score (nSPS) is 28.1. The van der Waals surface area contributed by atoms with Gasteiger partial charge in [0.2, 0.25) is 5.91 Å². The number of hydrogen-bond acceptors (Lipinski definition) is 4. The molecule has 1 saturated heterocycles. The Hall–Kier alpha value is -1.30.